The molecule has 4 nitrogen and oxygen atoms in total. The van der Waals surface area contributed by atoms with E-state index < -0.39 is 0 Å². The van der Waals surface area contributed by atoms with Gasteiger partial charge in [-0.2, -0.15) is 0 Å². The minimum Gasteiger partial charge on any atom is -0.381 e. The number of ether oxygens (including phenoxy) is 1. The van der Waals surface area contributed by atoms with Gasteiger partial charge in [-0.1, -0.05) is 0 Å². The lowest BCUT2D eigenvalue weighted by Gasteiger charge is -2.43. The van der Waals surface area contributed by atoms with Gasteiger partial charge in [0.05, 0.1) is 12.5 Å². The Morgan fingerprint density at radius 3 is 2.64 bits per heavy atom. The normalized spacial score (nSPS) is 33.1. The standard InChI is InChI=1S/C10H15NO3/c1-14-9-4-7(5-9)11-3-2-8(12)6-10(11)13/h7,9H,2-6H2,1H3. The third-order valence-electron chi connectivity index (χ3n) is 3.14. The number of amides is 1. The van der Waals surface area contributed by atoms with Crippen LogP contribution in [-0.2, 0) is 14.3 Å². The SMILES string of the molecule is COC1CC(N2CCC(=O)CC2=O)C1. The molecule has 78 valence electrons. The maximum atomic E-state index is 11.5. The summed E-state index contributed by atoms with van der Waals surface area (Å²) in [5.41, 5.74) is 0. The van der Waals surface area contributed by atoms with Crippen molar-refractivity contribution in [2.75, 3.05) is 13.7 Å². The summed E-state index contributed by atoms with van der Waals surface area (Å²) in [5.74, 6) is 0.0784. The van der Waals surface area contributed by atoms with Gasteiger partial charge in [-0.15, -0.1) is 0 Å². The molecule has 0 spiro atoms. The number of ketones is 1. The van der Waals surface area contributed by atoms with Gasteiger partial charge in [0.2, 0.25) is 5.91 Å². The maximum Gasteiger partial charge on any atom is 0.230 e. The van der Waals surface area contributed by atoms with E-state index in [1.165, 1.54) is 0 Å². The number of Topliss-reactive ketones (excluding diaryl/α,β-unsaturated/α-hetero) is 1. The second kappa shape index (κ2) is 3.69. The van der Waals surface area contributed by atoms with Crippen LogP contribution in [0.5, 0.6) is 0 Å². The van der Waals surface area contributed by atoms with E-state index >= 15 is 0 Å². The molecule has 1 aliphatic heterocycles. The van der Waals surface area contributed by atoms with Gasteiger partial charge < -0.3 is 9.64 Å². The van der Waals surface area contributed by atoms with Crippen LogP contribution in [0.3, 0.4) is 0 Å². The summed E-state index contributed by atoms with van der Waals surface area (Å²) < 4.78 is 5.16. The summed E-state index contributed by atoms with van der Waals surface area (Å²) in [6.45, 7) is 0.610. The Balaban J connectivity index is 1.87. The van der Waals surface area contributed by atoms with Gasteiger partial charge >= 0.3 is 0 Å². The first-order chi connectivity index (χ1) is 6.70. The van der Waals surface area contributed by atoms with Crippen LogP contribution in [0, 0.1) is 0 Å². The average molecular weight is 197 g/mol. The number of likely N-dealkylation sites (tertiary alicyclic amines) is 1. The van der Waals surface area contributed by atoms with Crippen LogP contribution in [0.4, 0.5) is 0 Å². The van der Waals surface area contributed by atoms with E-state index in [2.05, 4.69) is 0 Å². The zero-order valence-corrected chi connectivity index (χ0v) is 8.36. The molecule has 1 saturated carbocycles. The van der Waals surface area contributed by atoms with Crippen LogP contribution in [0.1, 0.15) is 25.7 Å². The summed E-state index contributed by atoms with van der Waals surface area (Å²) >= 11 is 0. The van der Waals surface area contributed by atoms with Gasteiger partial charge in [-0.3, -0.25) is 9.59 Å². The van der Waals surface area contributed by atoms with Crippen LogP contribution in [0.2, 0.25) is 0 Å². The Labute approximate surface area is 83.2 Å². The number of carbonyl (C=O) groups is 2. The monoisotopic (exact) mass is 197 g/mol. The number of piperidine rings is 1. The molecule has 0 N–H and O–H groups in total. The molecule has 1 amide bonds. The molecule has 4 heteroatoms. The minimum absolute atomic E-state index is 0.000744. The number of methoxy groups -OCH3 is 1. The Hall–Kier alpha value is -0.900. The van der Waals surface area contributed by atoms with Gasteiger partial charge in [0, 0.05) is 26.1 Å². The molecule has 2 aliphatic rings. The highest BCUT2D eigenvalue weighted by Crippen LogP contribution is 2.29. The molecule has 1 heterocycles. The van der Waals surface area contributed by atoms with E-state index in [1.807, 2.05) is 4.90 Å². The Bertz CT molecular complexity index is 258. The quantitative estimate of drug-likeness (QED) is 0.600. The summed E-state index contributed by atoms with van der Waals surface area (Å²) in [7, 11) is 1.70. The molecular formula is C10H15NO3. The van der Waals surface area contributed by atoms with E-state index in [0.717, 1.165) is 12.8 Å². The van der Waals surface area contributed by atoms with Crippen molar-refractivity contribution < 1.29 is 14.3 Å². The largest absolute Gasteiger partial charge is 0.381 e. The third kappa shape index (κ3) is 1.66. The van der Waals surface area contributed by atoms with E-state index in [-0.39, 0.29) is 18.1 Å². The topological polar surface area (TPSA) is 46.6 Å². The van der Waals surface area contributed by atoms with Gasteiger partial charge in [-0.05, 0) is 12.8 Å². The molecule has 14 heavy (non-hydrogen) atoms. The lowest BCUT2D eigenvalue weighted by molar-refractivity contribution is -0.146. The van der Waals surface area contributed by atoms with Crippen molar-refractivity contribution in [3.05, 3.63) is 0 Å². The number of rotatable bonds is 2. The summed E-state index contributed by atoms with van der Waals surface area (Å²) in [5, 5.41) is 0. The van der Waals surface area contributed by atoms with E-state index in [1.54, 1.807) is 7.11 Å². The van der Waals surface area contributed by atoms with E-state index in [0.29, 0.717) is 25.1 Å². The first-order valence-corrected chi connectivity index (χ1v) is 5.04. The zero-order chi connectivity index (χ0) is 10.1. The first-order valence-electron chi connectivity index (χ1n) is 5.04. The predicted molar refractivity (Wildman–Crippen MR) is 49.8 cm³/mol. The van der Waals surface area contributed by atoms with Crippen LogP contribution in [-0.4, -0.2) is 42.4 Å². The Morgan fingerprint density at radius 2 is 2.07 bits per heavy atom. The molecule has 0 bridgehead atoms. The summed E-state index contributed by atoms with van der Waals surface area (Å²) in [4.78, 5) is 24.3. The molecule has 0 aromatic carbocycles. The van der Waals surface area contributed by atoms with Crippen molar-refractivity contribution in [2.24, 2.45) is 0 Å². The van der Waals surface area contributed by atoms with Crippen LogP contribution >= 0.6 is 0 Å². The predicted octanol–water partition coefficient (Wildman–Crippen LogP) is 0.355. The minimum atomic E-state index is 0.000744. The van der Waals surface area contributed by atoms with Gasteiger partial charge in [0.1, 0.15) is 5.78 Å². The number of hydrogen-bond acceptors (Lipinski definition) is 3. The molecule has 0 unspecified atom stereocenters. The Morgan fingerprint density at radius 1 is 1.36 bits per heavy atom. The molecule has 0 aromatic rings. The highest BCUT2D eigenvalue weighted by Gasteiger charge is 2.38. The fourth-order valence-electron chi connectivity index (χ4n) is 2.10. The van der Waals surface area contributed by atoms with Crippen LogP contribution in [0.25, 0.3) is 0 Å². The van der Waals surface area contributed by atoms with Crippen molar-refractivity contribution >= 4 is 11.7 Å². The van der Waals surface area contributed by atoms with Crippen LogP contribution in [0.15, 0.2) is 0 Å². The highest BCUT2D eigenvalue weighted by molar-refractivity contribution is 6.00. The summed E-state index contributed by atoms with van der Waals surface area (Å²) in [6, 6.07) is 0.320. The number of hydrogen-bond donors (Lipinski definition) is 0. The Kier molecular flexibility index (Phi) is 2.54. The fraction of sp³-hybridized carbons (Fsp3) is 0.800. The molecule has 1 saturated heterocycles. The van der Waals surface area contributed by atoms with Crippen LogP contribution < -0.4 is 0 Å². The van der Waals surface area contributed by atoms with Crippen molar-refractivity contribution in [1.29, 1.82) is 0 Å². The van der Waals surface area contributed by atoms with Gasteiger partial charge in [0.15, 0.2) is 0 Å². The van der Waals surface area contributed by atoms with E-state index in [9.17, 15) is 9.59 Å². The third-order valence-corrected chi connectivity index (χ3v) is 3.14. The molecule has 0 aromatic heterocycles. The molecule has 2 fully saturated rings. The van der Waals surface area contributed by atoms with E-state index in [4.69, 9.17) is 4.74 Å². The van der Waals surface area contributed by atoms with Crippen molar-refractivity contribution in [2.45, 2.75) is 37.8 Å². The zero-order valence-electron chi connectivity index (χ0n) is 8.36. The molecule has 0 atom stereocenters. The fourth-order valence-corrected chi connectivity index (χ4v) is 2.10. The molecule has 0 radical (unpaired) electrons. The van der Waals surface area contributed by atoms with Crippen molar-refractivity contribution in [3.8, 4) is 0 Å². The molecule has 2 rings (SSSR count). The maximum absolute atomic E-state index is 11.5. The van der Waals surface area contributed by atoms with Crippen molar-refractivity contribution in [3.63, 3.8) is 0 Å². The second-order valence-electron chi connectivity index (χ2n) is 4.04. The van der Waals surface area contributed by atoms with Gasteiger partial charge in [0.25, 0.3) is 0 Å². The average Bonchev–Trinajstić information content (AvgIpc) is 2.06. The number of carbonyl (C=O) groups excluding carboxylic acids is 2. The lowest BCUT2D eigenvalue weighted by Crippen LogP contribution is -2.53. The second-order valence-corrected chi connectivity index (χ2v) is 4.04. The smallest absolute Gasteiger partial charge is 0.230 e. The molecular weight excluding hydrogens is 182 g/mol. The lowest BCUT2D eigenvalue weighted by atomic mass is 9.86. The van der Waals surface area contributed by atoms with Crippen molar-refractivity contribution in [1.82, 2.24) is 4.90 Å². The molecule has 1 aliphatic carbocycles. The van der Waals surface area contributed by atoms with Gasteiger partial charge in [-0.25, -0.2) is 0 Å². The summed E-state index contributed by atoms with van der Waals surface area (Å²) in [6.07, 6.45) is 2.80. The first kappa shape index (κ1) is 9.65. The number of nitrogens with zero attached hydrogens (tertiary/aromatic N) is 1. The highest BCUT2D eigenvalue weighted by atomic mass is 16.5.